The fraction of sp³-hybridized carbons (Fsp3) is 0.667. The first-order valence-corrected chi connectivity index (χ1v) is 4.30. The summed E-state index contributed by atoms with van der Waals surface area (Å²) >= 11 is 0. The fourth-order valence-electron chi connectivity index (χ4n) is 1.14. The van der Waals surface area contributed by atoms with E-state index in [9.17, 15) is 13.2 Å². The van der Waals surface area contributed by atoms with Crippen molar-refractivity contribution in [3.63, 3.8) is 0 Å². The molecule has 0 amide bonds. The molecular formula is C9H13F3N2. The highest BCUT2D eigenvalue weighted by Crippen LogP contribution is 2.23. The largest absolute Gasteiger partial charge is 0.504 e. The van der Waals surface area contributed by atoms with E-state index in [0.717, 1.165) is 6.20 Å². The minimum absolute atomic E-state index is 0.0358. The minimum atomic E-state index is -4.41. The maximum atomic E-state index is 12.1. The van der Waals surface area contributed by atoms with Crippen LogP contribution >= 0.6 is 0 Å². The maximum Gasteiger partial charge on any atom is 0.504 e. The van der Waals surface area contributed by atoms with Crippen LogP contribution in [0.1, 0.15) is 26.5 Å². The Bertz CT molecular complexity index is 307. The van der Waals surface area contributed by atoms with Crippen LogP contribution in [0.4, 0.5) is 13.2 Å². The van der Waals surface area contributed by atoms with E-state index in [4.69, 9.17) is 0 Å². The molecule has 5 heteroatoms. The van der Waals surface area contributed by atoms with E-state index in [1.807, 2.05) is 20.8 Å². The smallest absolute Gasteiger partial charge is 0.179 e. The summed E-state index contributed by atoms with van der Waals surface area (Å²) in [6.07, 6.45) is -2.92. The second kappa shape index (κ2) is 3.29. The molecule has 14 heavy (non-hydrogen) atoms. The van der Waals surface area contributed by atoms with Crippen molar-refractivity contribution >= 4 is 0 Å². The minimum Gasteiger partial charge on any atom is -0.179 e. The van der Waals surface area contributed by atoms with Crippen LogP contribution in [0.5, 0.6) is 0 Å². The van der Waals surface area contributed by atoms with Crippen molar-refractivity contribution in [2.24, 2.45) is 5.41 Å². The Morgan fingerprint density at radius 1 is 1.29 bits per heavy atom. The Morgan fingerprint density at radius 3 is 2.21 bits per heavy atom. The SMILES string of the molecule is CC(C)(C)Cc1ccn(C(F)(F)F)n1. The monoisotopic (exact) mass is 206 g/mol. The molecule has 1 rings (SSSR count). The van der Waals surface area contributed by atoms with E-state index in [0.29, 0.717) is 12.1 Å². The van der Waals surface area contributed by atoms with Crippen molar-refractivity contribution in [3.8, 4) is 0 Å². The standard InChI is InChI=1S/C9H13F3N2/c1-8(2,3)6-7-4-5-14(13-7)9(10,11)12/h4-5H,6H2,1-3H3. The molecular weight excluding hydrogens is 193 g/mol. The molecule has 0 aliphatic rings. The zero-order valence-electron chi connectivity index (χ0n) is 8.39. The van der Waals surface area contributed by atoms with Gasteiger partial charge < -0.3 is 0 Å². The van der Waals surface area contributed by atoms with Gasteiger partial charge in [0.05, 0.1) is 5.69 Å². The quantitative estimate of drug-likeness (QED) is 0.690. The number of aromatic nitrogens is 2. The van der Waals surface area contributed by atoms with Gasteiger partial charge in [0, 0.05) is 6.20 Å². The third-order valence-electron chi connectivity index (χ3n) is 1.62. The summed E-state index contributed by atoms with van der Waals surface area (Å²) < 4.78 is 36.4. The molecule has 0 aliphatic carbocycles. The lowest BCUT2D eigenvalue weighted by Gasteiger charge is -2.15. The zero-order chi connectivity index (χ0) is 11.0. The van der Waals surface area contributed by atoms with Gasteiger partial charge in [-0.1, -0.05) is 20.8 Å². The van der Waals surface area contributed by atoms with Gasteiger partial charge in [-0.25, -0.2) is 0 Å². The Hall–Kier alpha value is -1.00. The second-order valence-corrected chi connectivity index (χ2v) is 4.46. The number of alkyl halides is 3. The van der Waals surface area contributed by atoms with Crippen molar-refractivity contribution in [1.29, 1.82) is 0 Å². The van der Waals surface area contributed by atoms with E-state index < -0.39 is 6.30 Å². The molecule has 0 spiro atoms. The van der Waals surface area contributed by atoms with E-state index >= 15 is 0 Å². The number of hydrogen-bond donors (Lipinski definition) is 0. The van der Waals surface area contributed by atoms with Crippen molar-refractivity contribution in [1.82, 2.24) is 9.78 Å². The molecule has 1 heterocycles. The highest BCUT2D eigenvalue weighted by molar-refractivity contribution is 5.01. The molecule has 2 nitrogen and oxygen atoms in total. The van der Waals surface area contributed by atoms with E-state index in [1.54, 1.807) is 0 Å². The first-order valence-electron chi connectivity index (χ1n) is 4.30. The second-order valence-electron chi connectivity index (χ2n) is 4.46. The Balaban J connectivity index is 2.79. The Kier molecular flexibility index (Phi) is 2.61. The van der Waals surface area contributed by atoms with Gasteiger partial charge in [0.1, 0.15) is 0 Å². The lowest BCUT2D eigenvalue weighted by Crippen LogP contribution is -2.18. The van der Waals surface area contributed by atoms with E-state index in [-0.39, 0.29) is 10.1 Å². The molecule has 0 atom stereocenters. The van der Waals surface area contributed by atoms with Crippen LogP contribution in [0.3, 0.4) is 0 Å². The summed E-state index contributed by atoms with van der Waals surface area (Å²) in [5, 5.41) is 3.46. The number of hydrogen-bond acceptors (Lipinski definition) is 1. The summed E-state index contributed by atoms with van der Waals surface area (Å²) in [6, 6.07) is 1.40. The van der Waals surface area contributed by atoms with Crippen molar-refractivity contribution in [2.75, 3.05) is 0 Å². The number of nitrogens with zero attached hydrogens (tertiary/aromatic N) is 2. The molecule has 0 radical (unpaired) electrons. The molecule has 1 aromatic heterocycles. The van der Waals surface area contributed by atoms with Crippen molar-refractivity contribution in [2.45, 2.75) is 33.5 Å². The molecule has 0 saturated carbocycles. The van der Waals surface area contributed by atoms with Crippen LogP contribution in [0.2, 0.25) is 0 Å². The number of rotatable bonds is 1. The number of halogens is 3. The molecule has 0 unspecified atom stereocenters. The normalized spacial score (nSPS) is 13.3. The van der Waals surface area contributed by atoms with Gasteiger partial charge in [0.15, 0.2) is 0 Å². The summed E-state index contributed by atoms with van der Waals surface area (Å²) in [5.41, 5.74) is 0.417. The van der Waals surface area contributed by atoms with Crippen LogP contribution < -0.4 is 0 Å². The average molecular weight is 206 g/mol. The van der Waals surface area contributed by atoms with Gasteiger partial charge >= 0.3 is 6.30 Å². The first kappa shape index (κ1) is 11.1. The van der Waals surface area contributed by atoms with Gasteiger partial charge in [-0.3, -0.25) is 0 Å². The van der Waals surface area contributed by atoms with E-state index in [1.165, 1.54) is 6.07 Å². The molecule has 0 saturated heterocycles. The molecule has 0 N–H and O–H groups in total. The third kappa shape index (κ3) is 3.05. The zero-order valence-corrected chi connectivity index (χ0v) is 8.39. The predicted molar refractivity (Wildman–Crippen MR) is 46.7 cm³/mol. The molecule has 0 bridgehead atoms. The molecule has 80 valence electrons. The van der Waals surface area contributed by atoms with Crippen LogP contribution in [0, 0.1) is 5.41 Å². The van der Waals surface area contributed by atoms with Crippen LogP contribution in [-0.4, -0.2) is 9.78 Å². The van der Waals surface area contributed by atoms with Gasteiger partial charge in [0.2, 0.25) is 0 Å². The average Bonchev–Trinajstić information content (AvgIpc) is 2.29. The topological polar surface area (TPSA) is 17.8 Å². The van der Waals surface area contributed by atoms with Crippen LogP contribution in [-0.2, 0) is 12.7 Å². The highest BCUT2D eigenvalue weighted by Gasteiger charge is 2.31. The van der Waals surface area contributed by atoms with E-state index in [2.05, 4.69) is 5.10 Å². The third-order valence-corrected chi connectivity index (χ3v) is 1.62. The lowest BCUT2D eigenvalue weighted by atomic mass is 9.91. The summed E-state index contributed by atoms with van der Waals surface area (Å²) in [6.45, 7) is 5.87. The molecule has 0 aromatic carbocycles. The van der Waals surface area contributed by atoms with Gasteiger partial charge in [-0.15, -0.1) is 13.2 Å². The van der Waals surface area contributed by atoms with Crippen molar-refractivity contribution in [3.05, 3.63) is 18.0 Å². The van der Waals surface area contributed by atoms with Gasteiger partial charge in [0.25, 0.3) is 0 Å². The lowest BCUT2D eigenvalue weighted by molar-refractivity contribution is -0.212. The van der Waals surface area contributed by atoms with Crippen molar-refractivity contribution < 1.29 is 13.2 Å². The fourth-order valence-corrected chi connectivity index (χ4v) is 1.14. The van der Waals surface area contributed by atoms with Gasteiger partial charge in [-0.2, -0.15) is 9.78 Å². The van der Waals surface area contributed by atoms with Crippen LogP contribution in [0.25, 0.3) is 0 Å². The molecule has 0 fully saturated rings. The van der Waals surface area contributed by atoms with Crippen LogP contribution in [0.15, 0.2) is 12.3 Å². The maximum absolute atomic E-state index is 12.1. The summed E-state index contributed by atoms with van der Waals surface area (Å²) in [5.74, 6) is 0. The molecule has 0 aliphatic heterocycles. The van der Waals surface area contributed by atoms with Gasteiger partial charge in [-0.05, 0) is 17.9 Å². The predicted octanol–water partition coefficient (Wildman–Crippen LogP) is 2.95. The first-order chi connectivity index (χ1) is 6.18. The summed E-state index contributed by atoms with van der Waals surface area (Å²) in [4.78, 5) is 0. The summed E-state index contributed by atoms with van der Waals surface area (Å²) in [7, 11) is 0. The highest BCUT2D eigenvalue weighted by atomic mass is 19.4. The molecule has 1 aromatic rings. The Morgan fingerprint density at radius 2 is 1.86 bits per heavy atom. The Labute approximate surface area is 80.7 Å².